The molecule has 1 nitrogen and oxygen atoms in total. The van der Waals surface area contributed by atoms with Crippen molar-refractivity contribution in [2.45, 2.75) is 12.3 Å². The molecule has 1 aliphatic rings. The molecule has 0 saturated heterocycles. The standard InChI is InChI=1S/C15H15BrIO/c1-11-3-4-12(9-16)7-15(11)13-5-6-17-10-14(8-13)18-2/h3-8,10H,9H2,1-2H3/q-1. The van der Waals surface area contributed by atoms with Crippen molar-refractivity contribution in [3.63, 3.8) is 0 Å². The third-order valence-electron chi connectivity index (χ3n) is 2.79. The first-order valence-electron chi connectivity index (χ1n) is 5.65. The molecule has 0 unspecified atom stereocenters. The number of halogens is 2. The van der Waals surface area contributed by atoms with Gasteiger partial charge in [0.15, 0.2) is 0 Å². The SMILES string of the molecule is COC1=C[I-]C=CC(c2cc(CBr)ccc2C)=C1. The maximum absolute atomic E-state index is 5.38. The number of allylic oxidation sites excluding steroid dienone is 3. The number of alkyl halides is 1. The van der Waals surface area contributed by atoms with Gasteiger partial charge in [0, 0.05) is 0 Å². The van der Waals surface area contributed by atoms with E-state index in [-0.39, 0.29) is 21.2 Å². The number of ether oxygens (including phenoxy) is 1. The van der Waals surface area contributed by atoms with Crippen molar-refractivity contribution in [3.05, 3.63) is 61.0 Å². The van der Waals surface area contributed by atoms with Gasteiger partial charge in [0.25, 0.3) is 0 Å². The third kappa shape index (κ3) is 3.26. The van der Waals surface area contributed by atoms with E-state index in [1.165, 1.54) is 22.3 Å². The molecule has 1 aliphatic heterocycles. The van der Waals surface area contributed by atoms with Crippen molar-refractivity contribution >= 4 is 21.5 Å². The molecule has 0 amide bonds. The van der Waals surface area contributed by atoms with Gasteiger partial charge in [-0.05, 0) is 0 Å². The Balaban J connectivity index is 2.47. The van der Waals surface area contributed by atoms with Crippen LogP contribution < -0.4 is 21.2 Å². The van der Waals surface area contributed by atoms with Crippen LogP contribution in [0.1, 0.15) is 16.7 Å². The summed E-state index contributed by atoms with van der Waals surface area (Å²) in [5.41, 5.74) is 5.12. The first kappa shape index (κ1) is 13.9. The van der Waals surface area contributed by atoms with Crippen LogP contribution in [0.2, 0.25) is 0 Å². The van der Waals surface area contributed by atoms with E-state index < -0.39 is 0 Å². The van der Waals surface area contributed by atoms with Crippen molar-refractivity contribution in [2.24, 2.45) is 0 Å². The van der Waals surface area contributed by atoms with Crippen LogP contribution in [0.4, 0.5) is 0 Å². The van der Waals surface area contributed by atoms with Crippen LogP contribution in [0.3, 0.4) is 0 Å². The van der Waals surface area contributed by atoms with Crippen LogP contribution in [0, 0.1) is 6.92 Å². The number of hydrogen-bond acceptors (Lipinski definition) is 1. The minimum atomic E-state index is -0.0290. The van der Waals surface area contributed by atoms with Crippen molar-refractivity contribution < 1.29 is 25.9 Å². The van der Waals surface area contributed by atoms with Crippen LogP contribution in [0.25, 0.3) is 5.57 Å². The molecule has 96 valence electrons. The first-order chi connectivity index (χ1) is 8.74. The van der Waals surface area contributed by atoms with Gasteiger partial charge >= 0.3 is 128 Å². The zero-order valence-electron chi connectivity index (χ0n) is 10.4. The normalized spacial score (nSPS) is 15.3. The fraction of sp³-hybridized carbons (Fsp3) is 0.200. The summed E-state index contributed by atoms with van der Waals surface area (Å²) >= 11 is 3.48. The van der Waals surface area contributed by atoms with E-state index >= 15 is 0 Å². The van der Waals surface area contributed by atoms with Crippen molar-refractivity contribution in [2.75, 3.05) is 7.11 Å². The Kier molecular flexibility index (Phi) is 5.06. The topological polar surface area (TPSA) is 9.23 Å². The predicted octanol–water partition coefficient (Wildman–Crippen LogP) is 1.38. The third-order valence-corrected chi connectivity index (χ3v) is 5.18. The molecule has 0 N–H and O–H groups in total. The summed E-state index contributed by atoms with van der Waals surface area (Å²) < 4.78 is 9.86. The van der Waals surface area contributed by atoms with Gasteiger partial charge in [-0.15, -0.1) is 0 Å². The van der Waals surface area contributed by atoms with Gasteiger partial charge in [-0.1, -0.05) is 0 Å². The van der Waals surface area contributed by atoms with Crippen molar-refractivity contribution in [3.8, 4) is 0 Å². The second-order valence-corrected chi connectivity index (χ2v) is 6.64. The Morgan fingerprint density at radius 3 is 2.89 bits per heavy atom. The quantitative estimate of drug-likeness (QED) is 0.533. The Labute approximate surface area is 127 Å². The van der Waals surface area contributed by atoms with E-state index in [9.17, 15) is 0 Å². The summed E-state index contributed by atoms with van der Waals surface area (Å²) in [7, 11) is 1.73. The molecule has 0 spiro atoms. The summed E-state index contributed by atoms with van der Waals surface area (Å²) in [6.45, 7) is 2.15. The minimum absolute atomic E-state index is 0.0290. The summed E-state index contributed by atoms with van der Waals surface area (Å²) in [5.74, 6) is 0.978. The maximum atomic E-state index is 5.38. The van der Waals surface area contributed by atoms with Gasteiger partial charge in [-0.25, -0.2) is 0 Å². The molecule has 1 aromatic carbocycles. The molecule has 3 heteroatoms. The van der Waals surface area contributed by atoms with Crippen LogP contribution in [0.5, 0.6) is 0 Å². The number of benzene rings is 1. The Morgan fingerprint density at radius 1 is 1.33 bits per heavy atom. The van der Waals surface area contributed by atoms with E-state index in [0.29, 0.717) is 0 Å². The second-order valence-electron chi connectivity index (χ2n) is 4.02. The van der Waals surface area contributed by atoms with E-state index in [1.54, 1.807) is 7.11 Å². The molecule has 0 radical (unpaired) electrons. The molecular formula is C15H15BrIO-. The van der Waals surface area contributed by atoms with E-state index in [2.05, 4.69) is 61.4 Å². The number of aryl methyl sites for hydroxylation is 1. The summed E-state index contributed by atoms with van der Waals surface area (Å²) in [5, 5.41) is 0.886. The second kappa shape index (κ2) is 6.57. The number of hydrogen-bond donors (Lipinski definition) is 0. The molecule has 2 rings (SSSR count). The fourth-order valence-electron chi connectivity index (χ4n) is 1.77. The van der Waals surface area contributed by atoms with Gasteiger partial charge < -0.3 is 0 Å². The summed E-state index contributed by atoms with van der Waals surface area (Å²) in [6, 6.07) is 6.59. The molecule has 0 fully saturated rings. The van der Waals surface area contributed by atoms with Crippen molar-refractivity contribution in [1.29, 1.82) is 0 Å². The van der Waals surface area contributed by atoms with Crippen LogP contribution >= 0.6 is 15.9 Å². The van der Waals surface area contributed by atoms with Gasteiger partial charge in [0.2, 0.25) is 0 Å². The van der Waals surface area contributed by atoms with Gasteiger partial charge in [-0.3, -0.25) is 0 Å². The average Bonchev–Trinajstić information content (AvgIpc) is 2.64. The first-order valence-corrected chi connectivity index (χ1v) is 9.26. The molecule has 0 aromatic heterocycles. The van der Waals surface area contributed by atoms with Crippen LogP contribution in [-0.4, -0.2) is 7.11 Å². The fourth-order valence-corrected chi connectivity index (χ4v) is 3.71. The molecule has 0 atom stereocenters. The molecule has 0 bridgehead atoms. The van der Waals surface area contributed by atoms with Gasteiger partial charge in [0.05, 0.1) is 0 Å². The molecule has 1 aromatic rings. The van der Waals surface area contributed by atoms with E-state index in [1.807, 2.05) is 0 Å². The predicted molar refractivity (Wildman–Crippen MR) is 76.0 cm³/mol. The Hall–Kier alpha value is -0.550. The Bertz CT molecular complexity index is 529. The van der Waals surface area contributed by atoms with E-state index in [4.69, 9.17) is 4.74 Å². The average molecular weight is 418 g/mol. The molecule has 0 aliphatic carbocycles. The van der Waals surface area contributed by atoms with Gasteiger partial charge in [-0.2, -0.15) is 0 Å². The molecule has 0 saturated carbocycles. The Morgan fingerprint density at radius 2 is 2.17 bits per heavy atom. The van der Waals surface area contributed by atoms with Crippen LogP contribution in [0.15, 0.2) is 44.3 Å². The number of rotatable bonds is 3. The summed E-state index contributed by atoms with van der Waals surface area (Å²) in [6.07, 6.45) is 4.35. The molecular weight excluding hydrogens is 403 g/mol. The van der Waals surface area contributed by atoms with Crippen molar-refractivity contribution in [1.82, 2.24) is 0 Å². The molecule has 18 heavy (non-hydrogen) atoms. The van der Waals surface area contributed by atoms with Crippen LogP contribution in [-0.2, 0) is 10.1 Å². The van der Waals surface area contributed by atoms with E-state index in [0.717, 1.165) is 11.1 Å². The monoisotopic (exact) mass is 417 g/mol. The number of methoxy groups -OCH3 is 1. The zero-order chi connectivity index (χ0) is 13.0. The zero-order valence-corrected chi connectivity index (χ0v) is 14.2. The van der Waals surface area contributed by atoms with Gasteiger partial charge in [0.1, 0.15) is 0 Å². The summed E-state index contributed by atoms with van der Waals surface area (Å²) in [4.78, 5) is 0. The molecule has 1 heterocycles.